The van der Waals surface area contributed by atoms with Crippen LogP contribution in [0.3, 0.4) is 0 Å². The molecule has 1 aromatic rings. The Balaban J connectivity index is 3.08. The van der Waals surface area contributed by atoms with Crippen LogP contribution in [-0.2, 0) is 10.0 Å². The smallest absolute Gasteiger partial charge is 0.335 e. The molecule has 0 aliphatic heterocycles. The Morgan fingerprint density at radius 3 is 2.59 bits per heavy atom. The van der Waals surface area contributed by atoms with Gasteiger partial charge < -0.3 is 5.11 Å². The molecule has 0 aromatic heterocycles. The molecule has 0 bridgehead atoms. The van der Waals surface area contributed by atoms with E-state index in [2.05, 4.69) is 0 Å². The van der Waals surface area contributed by atoms with Gasteiger partial charge in [-0.15, -0.1) is 0 Å². The van der Waals surface area contributed by atoms with Crippen molar-refractivity contribution < 1.29 is 18.3 Å². The molecule has 1 aromatic carbocycles. The van der Waals surface area contributed by atoms with Crippen molar-refractivity contribution in [2.24, 2.45) is 0 Å². The third kappa shape index (κ3) is 3.20. The van der Waals surface area contributed by atoms with Crippen LogP contribution < -0.4 is 4.31 Å². The number of hydrogen-bond acceptors (Lipinski definition) is 3. The first kappa shape index (κ1) is 13.5. The van der Waals surface area contributed by atoms with Crippen LogP contribution in [-0.4, -0.2) is 32.3 Å². The highest BCUT2D eigenvalue weighted by Crippen LogP contribution is 2.18. The molecule has 0 atom stereocenters. The van der Waals surface area contributed by atoms with Crippen molar-refractivity contribution in [3.8, 4) is 0 Å². The summed E-state index contributed by atoms with van der Waals surface area (Å²) in [5.41, 5.74) is 0.430. The molecule has 0 fully saturated rings. The van der Waals surface area contributed by atoms with Crippen molar-refractivity contribution in [2.45, 2.75) is 13.3 Å². The Hall–Kier alpha value is -1.56. The molecular weight excluding hydrogens is 242 g/mol. The van der Waals surface area contributed by atoms with Crippen molar-refractivity contribution in [3.63, 3.8) is 0 Å². The van der Waals surface area contributed by atoms with Crippen molar-refractivity contribution in [2.75, 3.05) is 17.1 Å². The van der Waals surface area contributed by atoms with E-state index in [1.807, 2.05) is 0 Å². The number of hydrogen-bond donors (Lipinski definition) is 1. The van der Waals surface area contributed by atoms with E-state index in [1.54, 1.807) is 13.0 Å². The van der Waals surface area contributed by atoms with E-state index in [0.717, 1.165) is 4.31 Å². The number of aromatic carboxylic acids is 1. The van der Waals surface area contributed by atoms with E-state index in [0.29, 0.717) is 12.1 Å². The highest BCUT2D eigenvalue weighted by Gasteiger charge is 2.17. The lowest BCUT2D eigenvalue weighted by atomic mass is 10.2. The van der Waals surface area contributed by atoms with Crippen molar-refractivity contribution in [1.82, 2.24) is 0 Å². The molecular formula is C11H15NO4S. The highest BCUT2D eigenvalue weighted by molar-refractivity contribution is 7.92. The van der Waals surface area contributed by atoms with Gasteiger partial charge in [-0.2, -0.15) is 0 Å². The summed E-state index contributed by atoms with van der Waals surface area (Å²) in [7, 11) is -1.94. The number of nitrogens with zero attached hydrogens (tertiary/aromatic N) is 1. The third-order valence-electron chi connectivity index (χ3n) is 2.34. The molecule has 5 nitrogen and oxygen atoms in total. The van der Waals surface area contributed by atoms with Crippen LogP contribution in [0.1, 0.15) is 23.7 Å². The topological polar surface area (TPSA) is 74.7 Å². The molecule has 0 saturated carbocycles. The zero-order valence-electron chi connectivity index (χ0n) is 9.75. The third-order valence-corrected chi connectivity index (χ3v) is 4.31. The predicted octanol–water partition coefficient (Wildman–Crippen LogP) is 1.56. The largest absolute Gasteiger partial charge is 0.478 e. The molecule has 0 unspecified atom stereocenters. The zero-order chi connectivity index (χ0) is 13.1. The Morgan fingerprint density at radius 1 is 1.41 bits per heavy atom. The van der Waals surface area contributed by atoms with Gasteiger partial charge in [-0.25, -0.2) is 13.2 Å². The zero-order valence-corrected chi connectivity index (χ0v) is 10.6. The number of carboxylic acid groups (broad SMARTS) is 1. The summed E-state index contributed by atoms with van der Waals surface area (Å²) in [5.74, 6) is -1.03. The first-order chi connectivity index (χ1) is 7.88. The van der Waals surface area contributed by atoms with Crippen LogP contribution in [0.2, 0.25) is 0 Å². The van der Waals surface area contributed by atoms with E-state index in [1.165, 1.54) is 25.2 Å². The first-order valence-corrected chi connectivity index (χ1v) is 6.79. The second-order valence-electron chi connectivity index (χ2n) is 3.64. The van der Waals surface area contributed by atoms with Crippen molar-refractivity contribution in [1.29, 1.82) is 0 Å². The molecule has 6 heteroatoms. The summed E-state index contributed by atoms with van der Waals surface area (Å²) < 4.78 is 24.7. The average Bonchev–Trinajstić information content (AvgIpc) is 2.28. The van der Waals surface area contributed by atoms with Gasteiger partial charge >= 0.3 is 5.97 Å². The summed E-state index contributed by atoms with van der Waals surface area (Å²) >= 11 is 0. The van der Waals surface area contributed by atoms with Gasteiger partial charge in [0.1, 0.15) is 0 Å². The Bertz CT molecular complexity index is 510. The van der Waals surface area contributed by atoms with Crippen LogP contribution in [0.15, 0.2) is 24.3 Å². The summed E-state index contributed by atoms with van der Waals surface area (Å²) in [5, 5.41) is 8.83. The first-order valence-electron chi connectivity index (χ1n) is 5.18. The lowest BCUT2D eigenvalue weighted by Gasteiger charge is -2.19. The maximum atomic E-state index is 11.8. The van der Waals surface area contributed by atoms with Gasteiger partial charge in [0, 0.05) is 7.05 Å². The molecule has 1 N–H and O–H groups in total. The summed E-state index contributed by atoms with van der Waals surface area (Å²) in [4.78, 5) is 10.8. The standard InChI is InChI=1S/C11H15NO4S/c1-3-7-17(15,16)12(2)10-6-4-5-9(8-10)11(13)14/h4-6,8H,3,7H2,1-2H3,(H,13,14). The summed E-state index contributed by atoms with van der Waals surface area (Å²) in [6.45, 7) is 1.78. The number of rotatable bonds is 5. The van der Waals surface area contributed by atoms with E-state index >= 15 is 0 Å². The van der Waals surface area contributed by atoms with Gasteiger partial charge in [-0.3, -0.25) is 4.31 Å². The lowest BCUT2D eigenvalue weighted by molar-refractivity contribution is 0.0697. The number of anilines is 1. The Labute approximate surface area is 101 Å². The van der Waals surface area contributed by atoms with Crippen LogP contribution >= 0.6 is 0 Å². The van der Waals surface area contributed by atoms with Gasteiger partial charge in [0.25, 0.3) is 0 Å². The molecule has 0 aliphatic rings. The van der Waals surface area contributed by atoms with E-state index in [4.69, 9.17) is 5.11 Å². The Kier molecular flexibility index (Phi) is 4.11. The fraction of sp³-hybridized carbons (Fsp3) is 0.364. The minimum absolute atomic E-state index is 0.0425. The Morgan fingerprint density at radius 2 is 2.06 bits per heavy atom. The van der Waals surface area contributed by atoms with Gasteiger partial charge in [-0.1, -0.05) is 13.0 Å². The van der Waals surface area contributed by atoms with Crippen LogP contribution in [0.5, 0.6) is 0 Å². The normalized spacial score (nSPS) is 11.2. The molecule has 0 saturated heterocycles. The molecule has 94 valence electrons. The fourth-order valence-electron chi connectivity index (χ4n) is 1.39. The number of sulfonamides is 1. The van der Waals surface area contributed by atoms with Gasteiger partial charge in [0.2, 0.25) is 10.0 Å². The van der Waals surface area contributed by atoms with Gasteiger partial charge in [0.05, 0.1) is 17.0 Å². The number of benzene rings is 1. The second-order valence-corrected chi connectivity index (χ2v) is 5.76. The fourth-order valence-corrected chi connectivity index (χ4v) is 2.61. The molecule has 0 spiro atoms. The minimum Gasteiger partial charge on any atom is -0.478 e. The average molecular weight is 257 g/mol. The lowest BCUT2D eigenvalue weighted by Crippen LogP contribution is -2.28. The molecule has 0 heterocycles. The van der Waals surface area contributed by atoms with Crippen molar-refractivity contribution in [3.05, 3.63) is 29.8 Å². The maximum absolute atomic E-state index is 11.8. The van der Waals surface area contributed by atoms with Crippen LogP contribution in [0.4, 0.5) is 5.69 Å². The van der Waals surface area contributed by atoms with E-state index < -0.39 is 16.0 Å². The molecule has 0 amide bonds. The second kappa shape index (κ2) is 5.18. The molecule has 0 aliphatic carbocycles. The molecule has 17 heavy (non-hydrogen) atoms. The summed E-state index contributed by atoms with van der Waals surface area (Å²) in [6, 6.07) is 5.86. The van der Waals surface area contributed by atoms with Crippen molar-refractivity contribution >= 4 is 21.7 Å². The van der Waals surface area contributed by atoms with E-state index in [-0.39, 0.29) is 11.3 Å². The summed E-state index contributed by atoms with van der Waals surface area (Å²) in [6.07, 6.45) is 0.519. The number of carboxylic acids is 1. The maximum Gasteiger partial charge on any atom is 0.335 e. The van der Waals surface area contributed by atoms with Gasteiger partial charge in [0.15, 0.2) is 0 Å². The molecule has 0 radical (unpaired) electrons. The monoisotopic (exact) mass is 257 g/mol. The van der Waals surface area contributed by atoms with Gasteiger partial charge in [-0.05, 0) is 24.6 Å². The minimum atomic E-state index is -3.37. The number of carbonyl (C=O) groups is 1. The highest BCUT2D eigenvalue weighted by atomic mass is 32.2. The predicted molar refractivity (Wildman–Crippen MR) is 65.9 cm³/mol. The quantitative estimate of drug-likeness (QED) is 0.868. The molecule has 1 rings (SSSR count). The SMILES string of the molecule is CCCS(=O)(=O)N(C)c1cccc(C(=O)O)c1. The van der Waals surface area contributed by atoms with Crippen LogP contribution in [0, 0.1) is 0 Å². The van der Waals surface area contributed by atoms with Crippen LogP contribution in [0.25, 0.3) is 0 Å². The van der Waals surface area contributed by atoms with E-state index in [9.17, 15) is 13.2 Å².